The van der Waals surface area contributed by atoms with E-state index in [0.29, 0.717) is 11.0 Å². The van der Waals surface area contributed by atoms with Crippen LogP contribution < -0.4 is 0 Å². The summed E-state index contributed by atoms with van der Waals surface area (Å²) in [7, 11) is -3.64. The normalized spacial score (nSPS) is 12.0. The largest absolute Gasteiger partial charge is 0.268 e. The van der Waals surface area contributed by atoms with Crippen molar-refractivity contribution in [2.75, 3.05) is 0 Å². The fourth-order valence-corrected chi connectivity index (χ4v) is 4.02. The van der Waals surface area contributed by atoms with Gasteiger partial charge in [0, 0.05) is 23.2 Å². The van der Waals surface area contributed by atoms with Crippen LogP contribution in [0.5, 0.6) is 0 Å². The zero-order valence-corrected chi connectivity index (χ0v) is 12.4. The van der Waals surface area contributed by atoms with E-state index in [0.717, 1.165) is 10.8 Å². The van der Waals surface area contributed by atoms with Crippen molar-refractivity contribution in [3.8, 4) is 0 Å². The Morgan fingerprint density at radius 1 is 0.864 bits per heavy atom. The lowest BCUT2D eigenvalue weighted by molar-refractivity contribution is 0.589. The molecule has 22 heavy (non-hydrogen) atoms. The molecule has 4 rings (SSSR count). The third-order valence-electron chi connectivity index (χ3n) is 3.69. The molecular weight excluding hydrogens is 296 g/mol. The van der Waals surface area contributed by atoms with Crippen molar-refractivity contribution in [3.63, 3.8) is 0 Å². The van der Waals surface area contributed by atoms with Crippen LogP contribution in [0, 0.1) is 0 Å². The quantitative estimate of drug-likeness (QED) is 0.570. The zero-order chi connectivity index (χ0) is 15.2. The zero-order valence-electron chi connectivity index (χ0n) is 11.5. The molecule has 0 fully saturated rings. The lowest BCUT2D eigenvalue weighted by Crippen LogP contribution is -2.11. The molecule has 0 atom stereocenters. The summed E-state index contributed by atoms with van der Waals surface area (Å²) in [4.78, 5) is 4.62. The molecule has 4 nitrogen and oxygen atoms in total. The van der Waals surface area contributed by atoms with Gasteiger partial charge in [-0.15, -0.1) is 0 Å². The van der Waals surface area contributed by atoms with Crippen LogP contribution in [0.25, 0.3) is 21.8 Å². The van der Waals surface area contributed by atoms with Crippen molar-refractivity contribution >= 4 is 31.8 Å². The molecule has 0 aliphatic rings. The van der Waals surface area contributed by atoms with Gasteiger partial charge < -0.3 is 0 Å². The molecule has 0 aliphatic heterocycles. The Morgan fingerprint density at radius 2 is 1.59 bits per heavy atom. The molecule has 0 radical (unpaired) electrons. The van der Waals surface area contributed by atoms with Crippen molar-refractivity contribution in [1.29, 1.82) is 0 Å². The molecule has 0 amide bonds. The lowest BCUT2D eigenvalue weighted by Gasteiger charge is -2.09. The van der Waals surface area contributed by atoms with E-state index in [-0.39, 0.29) is 4.90 Å². The maximum absolute atomic E-state index is 12.9. The summed E-state index contributed by atoms with van der Waals surface area (Å²) in [6, 6.07) is 17.8. The summed E-state index contributed by atoms with van der Waals surface area (Å²) >= 11 is 0. The van der Waals surface area contributed by atoms with Gasteiger partial charge in [-0.25, -0.2) is 12.4 Å². The van der Waals surface area contributed by atoms with Crippen LogP contribution >= 0.6 is 0 Å². The van der Waals surface area contributed by atoms with E-state index in [9.17, 15) is 8.42 Å². The smallest absolute Gasteiger partial charge is 0.254 e. The van der Waals surface area contributed by atoms with Gasteiger partial charge in [-0.3, -0.25) is 4.98 Å². The predicted molar refractivity (Wildman–Crippen MR) is 86.3 cm³/mol. The van der Waals surface area contributed by atoms with E-state index in [4.69, 9.17) is 0 Å². The van der Waals surface area contributed by atoms with Crippen LogP contribution in [0.4, 0.5) is 0 Å². The average Bonchev–Trinajstić information content (AvgIpc) is 3.01. The maximum Gasteiger partial charge on any atom is 0.268 e. The first-order valence-corrected chi connectivity index (χ1v) is 8.27. The van der Waals surface area contributed by atoms with Gasteiger partial charge >= 0.3 is 0 Å². The molecule has 0 unspecified atom stereocenters. The lowest BCUT2D eigenvalue weighted by atomic mass is 10.1. The standard InChI is InChI=1S/C17H12N2O2S/c20-22(21,14-7-2-1-3-8-14)19-11-10-16-17(19)15-9-5-4-6-13(15)12-18-16/h1-12H. The molecule has 2 aromatic heterocycles. The van der Waals surface area contributed by atoms with Crippen molar-refractivity contribution in [1.82, 2.24) is 8.96 Å². The highest BCUT2D eigenvalue weighted by atomic mass is 32.2. The fourth-order valence-electron chi connectivity index (χ4n) is 2.64. The molecule has 2 aromatic carbocycles. The number of pyridine rings is 1. The Balaban J connectivity index is 2.10. The summed E-state index contributed by atoms with van der Waals surface area (Å²) in [5, 5.41) is 1.79. The maximum atomic E-state index is 12.9. The number of rotatable bonds is 2. The number of fused-ring (bicyclic) bond motifs is 3. The van der Waals surface area contributed by atoms with Crippen LogP contribution in [0.15, 0.2) is 78.0 Å². The number of hydrogen-bond acceptors (Lipinski definition) is 3. The summed E-state index contributed by atoms with van der Waals surface area (Å²) in [6.07, 6.45) is 3.32. The van der Waals surface area contributed by atoms with Gasteiger partial charge in [0.2, 0.25) is 0 Å². The molecule has 5 heteroatoms. The topological polar surface area (TPSA) is 52.0 Å². The fraction of sp³-hybridized carbons (Fsp3) is 0. The van der Waals surface area contributed by atoms with Gasteiger partial charge in [-0.1, -0.05) is 42.5 Å². The Hall–Kier alpha value is -2.66. The monoisotopic (exact) mass is 308 g/mol. The van der Waals surface area contributed by atoms with E-state index in [1.807, 2.05) is 24.3 Å². The third-order valence-corrected chi connectivity index (χ3v) is 5.38. The second-order valence-corrected chi connectivity index (χ2v) is 6.82. The molecule has 4 aromatic rings. The summed E-state index contributed by atoms with van der Waals surface area (Å²) in [5.74, 6) is 0. The molecule has 108 valence electrons. The molecule has 0 saturated carbocycles. The van der Waals surface area contributed by atoms with Gasteiger partial charge in [0.05, 0.1) is 15.9 Å². The van der Waals surface area contributed by atoms with Crippen LogP contribution in [0.1, 0.15) is 0 Å². The minimum Gasteiger partial charge on any atom is -0.254 e. The van der Waals surface area contributed by atoms with Crippen LogP contribution in [0.3, 0.4) is 0 Å². The Bertz CT molecular complexity index is 1080. The Morgan fingerprint density at radius 3 is 2.41 bits per heavy atom. The van der Waals surface area contributed by atoms with E-state index < -0.39 is 10.0 Å². The first-order valence-electron chi connectivity index (χ1n) is 6.83. The number of benzene rings is 2. The van der Waals surface area contributed by atoms with Crippen LogP contribution in [-0.4, -0.2) is 17.4 Å². The number of hydrogen-bond donors (Lipinski definition) is 0. The number of aromatic nitrogens is 2. The SMILES string of the molecule is O=S(=O)(c1ccccc1)n1ccc2ncc3ccccc3c21. The van der Waals surface area contributed by atoms with Gasteiger partial charge in [-0.2, -0.15) is 0 Å². The van der Waals surface area contributed by atoms with E-state index in [2.05, 4.69) is 4.98 Å². The molecule has 0 bridgehead atoms. The molecular formula is C17H12N2O2S. The second-order valence-electron chi connectivity index (χ2n) is 5.01. The van der Waals surface area contributed by atoms with Crippen LogP contribution in [-0.2, 0) is 10.0 Å². The van der Waals surface area contributed by atoms with Crippen molar-refractivity contribution in [2.45, 2.75) is 4.90 Å². The van der Waals surface area contributed by atoms with E-state index >= 15 is 0 Å². The molecule has 0 spiro atoms. The minimum atomic E-state index is -3.64. The predicted octanol–water partition coefficient (Wildman–Crippen LogP) is 3.43. The second kappa shape index (κ2) is 4.68. The summed E-state index contributed by atoms with van der Waals surface area (Å²) < 4.78 is 27.1. The van der Waals surface area contributed by atoms with Gasteiger partial charge in [0.25, 0.3) is 10.0 Å². The molecule has 2 heterocycles. The van der Waals surface area contributed by atoms with Gasteiger partial charge in [0.15, 0.2) is 0 Å². The molecule has 0 N–H and O–H groups in total. The summed E-state index contributed by atoms with van der Waals surface area (Å²) in [5.41, 5.74) is 1.28. The minimum absolute atomic E-state index is 0.264. The number of nitrogens with zero attached hydrogens (tertiary/aromatic N) is 2. The van der Waals surface area contributed by atoms with Crippen molar-refractivity contribution in [3.05, 3.63) is 73.1 Å². The van der Waals surface area contributed by atoms with Gasteiger partial charge in [-0.05, 0) is 18.2 Å². The first-order chi connectivity index (χ1) is 10.7. The van der Waals surface area contributed by atoms with E-state index in [1.165, 1.54) is 3.97 Å². The van der Waals surface area contributed by atoms with Crippen molar-refractivity contribution < 1.29 is 8.42 Å². The Kier molecular flexibility index (Phi) is 2.77. The van der Waals surface area contributed by atoms with Crippen molar-refractivity contribution in [2.24, 2.45) is 0 Å². The highest BCUT2D eigenvalue weighted by Crippen LogP contribution is 2.27. The molecule has 0 saturated heterocycles. The van der Waals surface area contributed by atoms with E-state index in [1.54, 1.807) is 48.8 Å². The average molecular weight is 308 g/mol. The third kappa shape index (κ3) is 1.83. The highest BCUT2D eigenvalue weighted by Gasteiger charge is 2.20. The Labute approximate surface area is 127 Å². The van der Waals surface area contributed by atoms with Gasteiger partial charge in [0.1, 0.15) is 0 Å². The first kappa shape index (κ1) is 13.0. The molecule has 0 aliphatic carbocycles. The summed E-state index contributed by atoms with van der Waals surface area (Å²) in [6.45, 7) is 0. The van der Waals surface area contributed by atoms with Crippen LogP contribution in [0.2, 0.25) is 0 Å². The highest BCUT2D eigenvalue weighted by molar-refractivity contribution is 7.90.